The van der Waals surface area contributed by atoms with Crippen LogP contribution in [0, 0.1) is 0 Å². The summed E-state index contributed by atoms with van der Waals surface area (Å²) in [4.78, 5) is 0. The molecular formula is C18H19NO2S. The zero-order valence-electron chi connectivity index (χ0n) is 12.5. The van der Waals surface area contributed by atoms with Crippen LogP contribution in [0.4, 0.5) is 0 Å². The Morgan fingerprint density at radius 2 is 1.55 bits per heavy atom. The van der Waals surface area contributed by atoms with Crippen molar-refractivity contribution in [3.8, 4) is 0 Å². The number of sulfonamides is 1. The van der Waals surface area contributed by atoms with Crippen LogP contribution >= 0.6 is 0 Å². The lowest BCUT2D eigenvalue weighted by molar-refractivity contribution is 0.481. The molecule has 0 aliphatic carbocycles. The SMILES string of the molecule is CS(=O)(=O)N1CCC(c2ccccc2)C=C1c1ccccc1. The quantitative estimate of drug-likeness (QED) is 0.870. The molecule has 0 aromatic heterocycles. The van der Waals surface area contributed by atoms with Gasteiger partial charge in [0, 0.05) is 12.5 Å². The molecule has 0 fully saturated rings. The van der Waals surface area contributed by atoms with Gasteiger partial charge >= 0.3 is 0 Å². The molecule has 3 rings (SSSR count). The van der Waals surface area contributed by atoms with E-state index in [1.54, 1.807) is 0 Å². The number of nitrogens with zero attached hydrogens (tertiary/aromatic N) is 1. The first kappa shape index (κ1) is 14.9. The molecule has 2 aromatic rings. The molecular weight excluding hydrogens is 294 g/mol. The lowest BCUT2D eigenvalue weighted by Crippen LogP contribution is -2.33. The Hall–Kier alpha value is -2.07. The third kappa shape index (κ3) is 3.07. The minimum Gasteiger partial charge on any atom is -0.270 e. The van der Waals surface area contributed by atoms with E-state index in [4.69, 9.17) is 0 Å². The minimum atomic E-state index is -3.26. The molecule has 3 nitrogen and oxygen atoms in total. The van der Waals surface area contributed by atoms with Gasteiger partial charge in [-0.2, -0.15) is 0 Å². The Morgan fingerprint density at radius 3 is 2.14 bits per heavy atom. The summed E-state index contributed by atoms with van der Waals surface area (Å²) in [5.74, 6) is 0.245. The zero-order chi connectivity index (χ0) is 15.6. The van der Waals surface area contributed by atoms with Crippen LogP contribution < -0.4 is 0 Å². The molecule has 1 aliphatic rings. The first-order valence-corrected chi connectivity index (χ1v) is 9.20. The van der Waals surface area contributed by atoms with Gasteiger partial charge in [0.15, 0.2) is 0 Å². The molecule has 0 amide bonds. The van der Waals surface area contributed by atoms with Gasteiger partial charge in [-0.05, 0) is 17.5 Å². The summed E-state index contributed by atoms with van der Waals surface area (Å²) in [5, 5.41) is 0. The van der Waals surface area contributed by atoms with Crippen molar-refractivity contribution in [3.05, 3.63) is 77.9 Å². The van der Waals surface area contributed by atoms with E-state index in [1.165, 1.54) is 16.1 Å². The molecule has 0 bridgehead atoms. The number of rotatable bonds is 3. The van der Waals surface area contributed by atoms with Crippen molar-refractivity contribution >= 4 is 15.7 Å². The highest BCUT2D eigenvalue weighted by molar-refractivity contribution is 7.88. The van der Waals surface area contributed by atoms with Crippen LogP contribution in [-0.2, 0) is 10.0 Å². The molecule has 0 saturated carbocycles. The average Bonchev–Trinajstić information content (AvgIpc) is 2.55. The van der Waals surface area contributed by atoms with Crippen molar-refractivity contribution in [2.24, 2.45) is 0 Å². The van der Waals surface area contributed by atoms with E-state index >= 15 is 0 Å². The van der Waals surface area contributed by atoms with Crippen LogP contribution in [0.5, 0.6) is 0 Å². The molecule has 22 heavy (non-hydrogen) atoms. The maximum Gasteiger partial charge on any atom is 0.232 e. The molecule has 0 radical (unpaired) electrons. The van der Waals surface area contributed by atoms with E-state index in [9.17, 15) is 8.42 Å². The van der Waals surface area contributed by atoms with Gasteiger partial charge in [0.05, 0.1) is 12.0 Å². The Kier molecular flexibility index (Phi) is 4.03. The van der Waals surface area contributed by atoms with E-state index in [1.807, 2.05) is 48.5 Å². The van der Waals surface area contributed by atoms with Gasteiger partial charge in [-0.1, -0.05) is 66.7 Å². The van der Waals surface area contributed by atoms with Crippen LogP contribution in [0.1, 0.15) is 23.5 Å². The average molecular weight is 313 g/mol. The molecule has 0 spiro atoms. The second kappa shape index (κ2) is 5.97. The second-order valence-electron chi connectivity index (χ2n) is 5.56. The van der Waals surface area contributed by atoms with E-state index in [0.29, 0.717) is 6.54 Å². The Bertz CT molecular complexity index is 767. The highest BCUT2D eigenvalue weighted by atomic mass is 32.2. The number of hydrogen-bond donors (Lipinski definition) is 0. The van der Waals surface area contributed by atoms with Crippen molar-refractivity contribution < 1.29 is 8.42 Å². The molecule has 1 heterocycles. The van der Waals surface area contributed by atoms with Crippen molar-refractivity contribution in [1.29, 1.82) is 0 Å². The predicted molar refractivity (Wildman–Crippen MR) is 89.8 cm³/mol. The van der Waals surface area contributed by atoms with Crippen LogP contribution in [0.15, 0.2) is 66.7 Å². The molecule has 114 valence electrons. The summed E-state index contributed by atoms with van der Waals surface area (Å²) in [6.45, 7) is 0.513. The van der Waals surface area contributed by atoms with Gasteiger partial charge in [0.2, 0.25) is 10.0 Å². The van der Waals surface area contributed by atoms with Crippen molar-refractivity contribution in [2.75, 3.05) is 12.8 Å². The lowest BCUT2D eigenvalue weighted by atomic mass is 9.91. The van der Waals surface area contributed by atoms with Gasteiger partial charge < -0.3 is 0 Å². The van der Waals surface area contributed by atoms with Gasteiger partial charge in [0.25, 0.3) is 0 Å². The van der Waals surface area contributed by atoms with Crippen LogP contribution in [0.3, 0.4) is 0 Å². The molecule has 0 N–H and O–H groups in total. The normalized spacial score (nSPS) is 18.9. The summed E-state index contributed by atoms with van der Waals surface area (Å²) in [5.41, 5.74) is 2.95. The Balaban J connectivity index is 2.06. The van der Waals surface area contributed by atoms with E-state index < -0.39 is 10.0 Å². The third-order valence-corrected chi connectivity index (χ3v) is 5.15. The largest absolute Gasteiger partial charge is 0.270 e. The molecule has 1 aliphatic heterocycles. The van der Waals surface area contributed by atoms with E-state index in [-0.39, 0.29) is 5.92 Å². The Labute approximate surface area is 132 Å². The molecule has 2 aromatic carbocycles. The number of hydrogen-bond acceptors (Lipinski definition) is 2. The van der Waals surface area contributed by atoms with E-state index in [2.05, 4.69) is 18.2 Å². The summed E-state index contributed by atoms with van der Waals surface area (Å²) in [6, 6.07) is 20.0. The van der Waals surface area contributed by atoms with E-state index in [0.717, 1.165) is 17.7 Å². The zero-order valence-corrected chi connectivity index (χ0v) is 13.3. The maximum atomic E-state index is 12.1. The fourth-order valence-corrected chi connectivity index (χ4v) is 3.85. The summed E-state index contributed by atoms with van der Waals surface area (Å²) in [6.07, 6.45) is 4.15. The molecule has 1 unspecified atom stereocenters. The fraction of sp³-hybridized carbons (Fsp3) is 0.222. The third-order valence-electron chi connectivity index (χ3n) is 3.97. The van der Waals surface area contributed by atoms with Crippen molar-refractivity contribution in [3.63, 3.8) is 0 Å². The first-order valence-electron chi connectivity index (χ1n) is 7.35. The molecule has 0 saturated heterocycles. The van der Waals surface area contributed by atoms with Crippen LogP contribution in [-0.4, -0.2) is 25.5 Å². The number of allylic oxidation sites excluding steroid dienone is 1. The predicted octanol–water partition coefficient (Wildman–Crippen LogP) is 3.48. The molecule has 4 heteroatoms. The second-order valence-corrected chi connectivity index (χ2v) is 7.47. The monoisotopic (exact) mass is 313 g/mol. The van der Waals surface area contributed by atoms with Gasteiger partial charge in [-0.15, -0.1) is 0 Å². The van der Waals surface area contributed by atoms with Crippen molar-refractivity contribution in [1.82, 2.24) is 4.31 Å². The highest BCUT2D eigenvalue weighted by Gasteiger charge is 2.27. The highest BCUT2D eigenvalue weighted by Crippen LogP contribution is 2.34. The van der Waals surface area contributed by atoms with Gasteiger partial charge in [0.1, 0.15) is 0 Å². The van der Waals surface area contributed by atoms with Crippen molar-refractivity contribution in [2.45, 2.75) is 12.3 Å². The lowest BCUT2D eigenvalue weighted by Gasteiger charge is -2.32. The first-order chi connectivity index (χ1) is 10.6. The Morgan fingerprint density at radius 1 is 0.955 bits per heavy atom. The topological polar surface area (TPSA) is 37.4 Å². The van der Waals surface area contributed by atoms with Crippen LogP contribution in [0.25, 0.3) is 5.70 Å². The smallest absolute Gasteiger partial charge is 0.232 e. The molecule has 1 atom stereocenters. The van der Waals surface area contributed by atoms with Gasteiger partial charge in [-0.25, -0.2) is 8.42 Å². The standard InChI is InChI=1S/C18H19NO2S/c1-22(20,21)19-13-12-17(15-8-4-2-5-9-15)14-18(19)16-10-6-3-7-11-16/h2-11,14,17H,12-13H2,1H3. The van der Waals surface area contributed by atoms with Gasteiger partial charge in [-0.3, -0.25) is 4.31 Å². The fourth-order valence-electron chi connectivity index (χ4n) is 2.89. The summed E-state index contributed by atoms with van der Waals surface area (Å²) in [7, 11) is -3.26. The van der Waals surface area contributed by atoms with Crippen LogP contribution in [0.2, 0.25) is 0 Å². The number of benzene rings is 2. The summed E-state index contributed by atoms with van der Waals surface area (Å²) >= 11 is 0. The minimum absolute atomic E-state index is 0.245. The summed E-state index contributed by atoms with van der Waals surface area (Å²) < 4.78 is 25.7. The maximum absolute atomic E-state index is 12.1.